The van der Waals surface area contributed by atoms with Gasteiger partial charge in [0.1, 0.15) is 6.61 Å². The topological polar surface area (TPSA) is 72.8 Å². The molecule has 5 nitrogen and oxygen atoms in total. The molecule has 0 radical (unpaired) electrons. The Kier molecular flexibility index (Phi) is 65.7. The maximum atomic E-state index is 12.4. The van der Waals surface area contributed by atoms with Gasteiger partial charge in [0.25, 0.3) is 0 Å². The highest BCUT2D eigenvalue weighted by Crippen LogP contribution is 2.19. The SMILES string of the molecule is CCCCCCCCCC/C=C\CCCCCCCCCCCCCCCCCCCCCCCCCCCC(=O)OC(CO)COC(=O)CCCCCCCCCCCCCCCCCCCCCCCCCC. The lowest BCUT2D eigenvalue weighted by Gasteiger charge is -2.15. The van der Waals surface area contributed by atoms with E-state index in [1.807, 2.05) is 0 Å². The summed E-state index contributed by atoms with van der Waals surface area (Å²) in [6.07, 6.45) is 85.4. The molecule has 0 heterocycles. The average molecular weight is 1060 g/mol. The highest BCUT2D eigenvalue weighted by Gasteiger charge is 2.16. The van der Waals surface area contributed by atoms with E-state index in [9.17, 15) is 14.7 Å². The van der Waals surface area contributed by atoms with Gasteiger partial charge in [0.15, 0.2) is 6.10 Å². The number of esters is 2. The third-order valence-electron chi connectivity index (χ3n) is 16.3. The molecule has 0 fully saturated rings. The predicted octanol–water partition coefficient (Wildman–Crippen LogP) is 23.8. The number of unbranched alkanes of at least 4 members (excludes halogenated alkanes) is 56. The molecule has 0 aromatic rings. The third kappa shape index (κ3) is 65.1. The van der Waals surface area contributed by atoms with Crippen molar-refractivity contribution in [2.24, 2.45) is 0 Å². The quantitative estimate of drug-likeness (QED) is 0.0373. The lowest BCUT2D eigenvalue weighted by molar-refractivity contribution is -0.161. The van der Waals surface area contributed by atoms with Crippen LogP contribution >= 0.6 is 0 Å². The van der Waals surface area contributed by atoms with Crippen molar-refractivity contribution in [2.75, 3.05) is 13.2 Å². The van der Waals surface area contributed by atoms with Crippen molar-refractivity contribution in [3.63, 3.8) is 0 Å². The second-order valence-electron chi connectivity index (χ2n) is 24.0. The number of rotatable bonds is 66. The molecule has 5 heteroatoms. The maximum absolute atomic E-state index is 12.4. The second kappa shape index (κ2) is 66.9. The fourth-order valence-corrected chi connectivity index (χ4v) is 11.1. The molecule has 0 saturated heterocycles. The monoisotopic (exact) mass is 1060 g/mol. The zero-order valence-electron chi connectivity index (χ0n) is 51.4. The third-order valence-corrected chi connectivity index (χ3v) is 16.3. The first kappa shape index (κ1) is 73.6. The van der Waals surface area contributed by atoms with E-state index in [2.05, 4.69) is 26.0 Å². The van der Waals surface area contributed by atoms with Crippen molar-refractivity contribution < 1.29 is 24.2 Å². The van der Waals surface area contributed by atoms with Crippen LogP contribution in [0.5, 0.6) is 0 Å². The Hall–Kier alpha value is -1.36. The molecule has 0 amide bonds. The second-order valence-corrected chi connectivity index (χ2v) is 24.0. The lowest BCUT2D eigenvalue weighted by atomic mass is 10.0. The number of ether oxygens (including phenoxy) is 2. The van der Waals surface area contributed by atoms with E-state index in [-0.39, 0.29) is 25.2 Å². The summed E-state index contributed by atoms with van der Waals surface area (Å²) in [6.45, 7) is 4.22. The summed E-state index contributed by atoms with van der Waals surface area (Å²) < 4.78 is 10.8. The maximum Gasteiger partial charge on any atom is 0.306 e. The minimum absolute atomic E-state index is 0.0563. The molecule has 0 aromatic carbocycles. The molecular weight excluding hydrogens is 921 g/mol. The number of aliphatic hydroxyl groups is 1. The molecule has 0 rings (SSSR count). The van der Waals surface area contributed by atoms with E-state index < -0.39 is 6.10 Å². The van der Waals surface area contributed by atoms with Crippen LogP contribution in [0.25, 0.3) is 0 Å². The van der Waals surface area contributed by atoms with Gasteiger partial charge in [0.05, 0.1) is 6.61 Å². The predicted molar refractivity (Wildman–Crippen MR) is 330 cm³/mol. The van der Waals surface area contributed by atoms with Crippen LogP contribution in [0.3, 0.4) is 0 Å². The molecule has 1 unspecified atom stereocenters. The normalized spacial score (nSPS) is 12.1. The largest absolute Gasteiger partial charge is 0.462 e. The first-order valence-corrected chi connectivity index (χ1v) is 34.7. The summed E-state index contributed by atoms with van der Waals surface area (Å²) in [5.74, 6) is -0.561. The standard InChI is InChI=1S/C70H136O5/c1-3-5-7-9-11-13-15-17-19-21-23-25-27-29-30-31-32-33-34-35-36-37-38-39-40-41-43-45-47-49-51-53-55-57-59-61-63-65-70(73)75-68(66-71)67-74-69(72)64-62-60-58-56-54-52-50-48-46-44-42-28-26-24-22-20-18-16-14-12-10-8-6-4-2/h21,23,68,71H,3-20,22,24-67H2,1-2H3/b23-21-. The Balaban J connectivity index is 3.35. The van der Waals surface area contributed by atoms with Crippen molar-refractivity contribution in [1.82, 2.24) is 0 Å². The Labute approximate surface area is 471 Å². The van der Waals surface area contributed by atoms with Gasteiger partial charge in [-0.2, -0.15) is 0 Å². The molecule has 0 aliphatic carbocycles. The van der Waals surface area contributed by atoms with Gasteiger partial charge in [-0.15, -0.1) is 0 Å². The van der Waals surface area contributed by atoms with Crippen LogP contribution in [0, 0.1) is 0 Å². The first-order valence-electron chi connectivity index (χ1n) is 34.7. The number of allylic oxidation sites excluding steroid dienone is 2. The fraction of sp³-hybridized carbons (Fsp3) is 0.943. The summed E-state index contributed by atoms with van der Waals surface area (Å²) in [5, 5.41) is 9.69. The summed E-state index contributed by atoms with van der Waals surface area (Å²) in [7, 11) is 0. The molecule has 0 saturated carbocycles. The van der Waals surface area contributed by atoms with Crippen LogP contribution in [0.1, 0.15) is 406 Å². The van der Waals surface area contributed by atoms with Crippen molar-refractivity contribution >= 4 is 11.9 Å². The van der Waals surface area contributed by atoms with Crippen LogP contribution in [-0.2, 0) is 19.1 Å². The van der Waals surface area contributed by atoms with E-state index >= 15 is 0 Å². The van der Waals surface area contributed by atoms with Gasteiger partial charge in [0.2, 0.25) is 0 Å². The average Bonchev–Trinajstić information content (AvgIpc) is 3.41. The van der Waals surface area contributed by atoms with Gasteiger partial charge in [-0.3, -0.25) is 9.59 Å². The molecule has 1 atom stereocenters. The number of hydrogen-bond donors (Lipinski definition) is 1. The summed E-state index contributed by atoms with van der Waals surface area (Å²) in [5.41, 5.74) is 0. The number of hydrogen-bond acceptors (Lipinski definition) is 5. The van der Waals surface area contributed by atoms with Crippen LogP contribution in [0.2, 0.25) is 0 Å². The first-order chi connectivity index (χ1) is 37.1. The van der Waals surface area contributed by atoms with Crippen molar-refractivity contribution in [1.29, 1.82) is 0 Å². The van der Waals surface area contributed by atoms with E-state index in [0.29, 0.717) is 12.8 Å². The smallest absolute Gasteiger partial charge is 0.306 e. The summed E-state index contributed by atoms with van der Waals surface area (Å²) >= 11 is 0. The van der Waals surface area contributed by atoms with Crippen LogP contribution in [-0.4, -0.2) is 36.4 Å². The zero-order valence-corrected chi connectivity index (χ0v) is 51.4. The molecular formula is C70H136O5. The highest BCUT2D eigenvalue weighted by molar-refractivity contribution is 5.70. The molecule has 446 valence electrons. The Morgan fingerprint density at radius 1 is 0.293 bits per heavy atom. The molecule has 0 spiro atoms. The van der Waals surface area contributed by atoms with E-state index in [0.717, 1.165) is 32.1 Å². The molecule has 1 N–H and O–H groups in total. The Morgan fingerprint density at radius 3 is 0.720 bits per heavy atom. The number of aliphatic hydroxyl groups excluding tert-OH is 1. The molecule has 0 bridgehead atoms. The lowest BCUT2D eigenvalue weighted by Crippen LogP contribution is -2.28. The summed E-state index contributed by atoms with van der Waals surface area (Å²) in [6, 6.07) is 0. The van der Waals surface area contributed by atoms with Gasteiger partial charge in [-0.1, -0.05) is 366 Å². The molecule has 0 aliphatic rings. The van der Waals surface area contributed by atoms with Crippen LogP contribution in [0.15, 0.2) is 12.2 Å². The molecule has 0 aromatic heterocycles. The van der Waals surface area contributed by atoms with Crippen molar-refractivity contribution in [3.8, 4) is 0 Å². The van der Waals surface area contributed by atoms with Crippen LogP contribution in [0.4, 0.5) is 0 Å². The van der Waals surface area contributed by atoms with Crippen LogP contribution < -0.4 is 0 Å². The van der Waals surface area contributed by atoms with E-state index in [1.54, 1.807) is 0 Å². The van der Waals surface area contributed by atoms with Gasteiger partial charge in [0, 0.05) is 12.8 Å². The highest BCUT2D eigenvalue weighted by atomic mass is 16.6. The fourth-order valence-electron chi connectivity index (χ4n) is 11.1. The van der Waals surface area contributed by atoms with E-state index in [1.165, 1.54) is 347 Å². The minimum atomic E-state index is -0.766. The number of carbonyl (C=O) groups is 2. The Bertz CT molecular complexity index is 1100. The van der Waals surface area contributed by atoms with Crippen molar-refractivity contribution in [2.45, 2.75) is 412 Å². The van der Waals surface area contributed by atoms with Gasteiger partial charge < -0.3 is 14.6 Å². The zero-order chi connectivity index (χ0) is 54.1. The number of carbonyl (C=O) groups excluding carboxylic acids is 2. The van der Waals surface area contributed by atoms with Gasteiger partial charge in [-0.05, 0) is 38.5 Å². The minimum Gasteiger partial charge on any atom is -0.462 e. The van der Waals surface area contributed by atoms with Gasteiger partial charge in [-0.25, -0.2) is 0 Å². The Morgan fingerprint density at radius 2 is 0.493 bits per heavy atom. The molecule has 0 aliphatic heterocycles. The van der Waals surface area contributed by atoms with Gasteiger partial charge >= 0.3 is 11.9 Å². The van der Waals surface area contributed by atoms with E-state index in [4.69, 9.17) is 9.47 Å². The van der Waals surface area contributed by atoms with Crippen molar-refractivity contribution in [3.05, 3.63) is 12.2 Å². The summed E-state index contributed by atoms with van der Waals surface area (Å²) in [4.78, 5) is 24.6. The molecule has 75 heavy (non-hydrogen) atoms.